The molecule has 0 fully saturated rings. The normalized spacial score (nSPS) is 12.6. The maximum Gasteiger partial charge on any atom is 0.00842 e. The fourth-order valence-electron chi connectivity index (χ4n) is 9.37. The molecule has 0 aromatic heterocycles. The van der Waals surface area contributed by atoms with Crippen LogP contribution in [-0.4, -0.2) is 11.3 Å². The van der Waals surface area contributed by atoms with Gasteiger partial charge in [0.15, 0.2) is 0 Å². The Morgan fingerprint density at radius 2 is 0.438 bits per heavy atom. The molecule has 0 saturated heterocycles. The van der Waals surface area contributed by atoms with Crippen molar-refractivity contribution in [2.45, 2.75) is 361 Å². The fourth-order valence-corrected chi connectivity index (χ4v) is 11.6. The predicted octanol–water partition coefficient (Wildman–Crippen LogP) is 25.1. The Balaban J connectivity index is 0. The molecule has 0 N–H and O–H groups in total. The van der Waals surface area contributed by atoms with Crippen molar-refractivity contribution >= 4 is 38.3 Å². The van der Waals surface area contributed by atoms with E-state index in [2.05, 4.69) is 53.7 Å². The molecule has 4 atom stereocenters. The number of allylic oxidation sites excluding steroid dienone is 4. The van der Waals surface area contributed by atoms with Crippen molar-refractivity contribution < 1.29 is 0 Å². The Morgan fingerprint density at radius 3 is 0.625 bits per heavy atom. The summed E-state index contributed by atoms with van der Waals surface area (Å²) in [4.78, 5) is 0. The van der Waals surface area contributed by atoms with Crippen molar-refractivity contribution in [1.82, 2.24) is 0 Å². The monoisotopic (exact) mass is 973 g/mol. The zero-order valence-electron chi connectivity index (χ0n) is 45.0. The second-order valence-electron chi connectivity index (χ2n) is 20.4. The fraction of sp³-hybridized carbons (Fsp3) is 0.933. The van der Waals surface area contributed by atoms with Gasteiger partial charge in [0, 0.05) is 11.3 Å². The molecule has 0 aromatic carbocycles. The summed E-state index contributed by atoms with van der Waals surface area (Å²) >= 11 is 12.9. The highest BCUT2D eigenvalue weighted by Gasteiger charge is 2.10. The molecule has 0 heterocycles. The lowest BCUT2D eigenvalue weighted by atomic mass is 9.97. The zero-order chi connectivity index (χ0) is 47.1. The van der Waals surface area contributed by atoms with Gasteiger partial charge in [-0.25, -0.2) is 0 Å². The van der Waals surface area contributed by atoms with Crippen LogP contribution in [0.2, 0.25) is 0 Å². The molecule has 0 nitrogen and oxygen atoms in total. The minimum atomic E-state index is 0.560. The number of unbranched alkanes of at least 4 members (excludes halogenated alkanes) is 36. The molecule has 0 aliphatic carbocycles. The summed E-state index contributed by atoms with van der Waals surface area (Å²) in [5, 5.41) is 0. The molecule has 4 unspecified atom stereocenters. The minimum absolute atomic E-state index is 0.560. The van der Waals surface area contributed by atoms with E-state index in [1.165, 1.54) is 308 Å². The first-order valence-corrected chi connectivity index (χ1v) is 33.9. The van der Waals surface area contributed by atoms with Crippen molar-refractivity contribution in [3.05, 3.63) is 23.3 Å². The highest BCUT2D eigenvalue weighted by atomic mass is 35.7. The first-order chi connectivity index (χ1) is 31.6. The van der Waals surface area contributed by atoms with Crippen LogP contribution in [0.15, 0.2) is 23.3 Å². The summed E-state index contributed by atoms with van der Waals surface area (Å²) in [5.74, 6) is 0. The first-order valence-electron chi connectivity index (χ1n) is 29.7. The molecule has 0 rings (SSSR count). The summed E-state index contributed by atoms with van der Waals surface area (Å²) < 4.78 is 0. The van der Waals surface area contributed by atoms with Gasteiger partial charge in [0.05, 0.1) is 0 Å². The highest BCUT2D eigenvalue weighted by Crippen LogP contribution is 2.34. The molecule has 0 saturated carbocycles. The van der Waals surface area contributed by atoms with Crippen LogP contribution in [0.5, 0.6) is 0 Å². The van der Waals surface area contributed by atoms with Crippen LogP contribution in [0, 0.1) is 0 Å². The van der Waals surface area contributed by atoms with E-state index in [-0.39, 0.29) is 0 Å². The molecule has 0 radical (unpaired) electrons. The van der Waals surface area contributed by atoms with E-state index < -0.39 is 0 Å². The molecule has 0 aliphatic rings. The third kappa shape index (κ3) is 53.9. The lowest BCUT2D eigenvalue weighted by Crippen LogP contribution is -1.99. The van der Waals surface area contributed by atoms with Gasteiger partial charge >= 0.3 is 0 Å². The average Bonchev–Trinajstić information content (AvgIpc) is 3.31. The molecule has 0 amide bonds. The van der Waals surface area contributed by atoms with Crippen LogP contribution < -0.4 is 0 Å². The number of hydrogen-bond acceptors (Lipinski definition) is 0. The number of hydrogen-bond donors (Lipinski definition) is 0. The van der Waals surface area contributed by atoms with E-state index in [1.807, 2.05) is 0 Å². The van der Waals surface area contributed by atoms with E-state index in [0.29, 0.717) is 27.2 Å². The first kappa shape index (κ1) is 67.0. The van der Waals surface area contributed by atoms with Crippen LogP contribution in [0.25, 0.3) is 0 Å². The molecule has 0 aromatic rings. The second-order valence-corrected chi connectivity index (χ2v) is 23.6. The van der Waals surface area contributed by atoms with Crippen molar-refractivity contribution in [2.24, 2.45) is 0 Å². The van der Waals surface area contributed by atoms with Crippen LogP contribution in [0.3, 0.4) is 0 Å². The second kappa shape index (κ2) is 60.0. The van der Waals surface area contributed by atoms with Crippen molar-refractivity contribution in [3.63, 3.8) is 0 Å². The molecule has 384 valence electrons. The molecule has 4 heteroatoms. The Kier molecular flexibility index (Phi) is 62.9. The van der Waals surface area contributed by atoms with E-state index in [9.17, 15) is 0 Å². The van der Waals surface area contributed by atoms with Crippen molar-refractivity contribution in [1.29, 1.82) is 0 Å². The Labute approximate surface area is 420 Å². The van der Waals surface area contributed by atoms with Gasteiger partial charge in [-0.05, 0) is 80.1 Å². The lowest BCUT2D eigenvalue weighted by Gasteiger charge is -2.14. The Hall–Kier alpha value is 0.920. The maximum atomic E-state index is 6.48. The quantitative estimate of drug-likeness (QED) is 0.0324. The minimum Gasteiger partial charge on any atom is -0.0995 e. The maximum absolute atomic E-state index is 6.48. The van der Waals surface area contributed by atoms with Gasteiger partial charge in [0.2, 0.25) is 0 Å². The molecular formula is C60H120Cl2P2. The number of rotatable bonds is 52. The van der Waals surface area contributed by atoms with Crippen molar-refractivity contribution in [3.8, 4) is 0 Å². The average molecular weight is 974 g/mol. The Morgan fingerprint density at radius 1 is 0.266 bits per heavy atom. The summed E-state index contributed by atoms with van der Waals surface area (Å²) in [7, 11) is 1.12. The van der Waals surface area contributed by atoms with E-state index in [0.717, 1.165) is 0 Å². The van der Waals surface area contributed by atoms with Crippen molar-refractivity contribution in [2.75, 3.05) is 0 Å². The lowest BCUT2D eigenvalue weighted by molar-refractivity contribution is 0.557. The third-order valence-corrected chi connectivity index (χ3v) is 17.0. The van der Waals surface area contributed by atoms with Crippen LogP contribution in [0.4, 0.5) is 0 Å². The third-order valence-electron chi connectivity index (χ3n) is 13.8. The molecule has 0 aliphatic heterocycles. The summed E-state index contributed by atoms with van der Waals surface area (Å²) in [6, 6.07) is 0. The van der Waals surface area contributed by atoms with Gasteiger partial charge in [-0.2, -0.15) is 0 Å². The SMILES string of the molecule is CCCCCCCCC(=CC(CCCCCCCC)PCl)CCCCCCCC.CCCCCCCCCCC(=CC(CCCCCCCCCC)PCl)CCCCCCCCCC. The summed E-state index contributed by atoms with van der Waals surface area (Å²) in [5.41, 5.74) is 4.76. The summed E-state index contributed by atoms with van der Waals surface area (Å²) in [6.07, 6.45) is 72.4. The van der Waals surface area contributed by atoms with E-state index in [4.69, 9.17) is 22.5 Å². The zero-order valence-corrected chi connectivity index (χ0v) is 48.5. The van der Waals surface area contributed by atoms with Crippen LogP contribution in [-0.2, 0) is 0 Å². The van der Waals surface area contributed by atoms with Gasteiger partial charge in [0.25, 0.3) is 0 Å². The highest BCUT2D eigenvalue weighted by molar-refractivity contribution is 7.69. The largest absolute Gasteiger partial charge is 0.0995 e. The van der Waals surface area contributed by atoms with Gasteiger partial charge in [-0.15, -0.1) is 0 Å². The topological polar surface area (TPSA) is 0 Å². The van der Waals surface area contributed by atoms with Gasteiger partial charge in [0.1, 0.15) is 0 Å². The molecule has 64 heavy (non-hydrogen) atoms. The summed E-state index contributed by atoms with van der Waals surface area (Å²) in [6.45, 7) is 13.8. The van der Waals surface area contributed by atoms with Gasteiger partial charge in [-0.1, -0.05) is 331 Å². The molecular weight excluding hydrogens is 854 g/mol. The standard InChI is InChI=1S/C33H66ClP.C27H54ClP/c1-4-7-10-13-16-19-22-25-28-32(29-26-23-20-17-14-11-8-5-2)31-33(35-34)30-27-24-21-18-15-12-9-6-3;1-4-7-10-13-16-19-22-26(23-20-17-14-11-8-5-2)25-27(29-28)24-21-18-15-12-9-6-3/h31,33,35H,4-30H2,1-3H3;25,27,29H,4-24H2,1-3H3. The molecule has 0 bridgehead atoms. The van der Waals surface area contributed by atoms with Gasteiger partial charge < -0.3 is 0 Å². The number of halogens is 2. The Bertz CT molecular complexity index is 862. The molecule has 0 spiro atoms. The van der Waals surface area contributed by atoms with Gasteiger partial charge in [-0.3, -0.25) is 0 Å². The van der Waals surface area contributed by atoms with Crippen LogP contribution >= 0.6 is 38.3 Å². The smallest absolute Gasteiger partial charge is 0.00842 e. The van der Waals surface area contributed by atoms with Crippen LogP contribution in [0.1, 0.15) is 350 Å². The predicted molar refractivity (Wildman–Crippen MR) is 308 cm³/mol. The van der Waals surface area contributed by atoms with E-state index in [1.54, 1.807) is 11.1 Å². The van der Waals surface area contributed by atoms with E-state index >= 15 is 0 Å².